The molecule has 0 saturated carbocycles. The number of nitrogens with zero attached hydrogens (tertiary/aromatic N) is 2. The van der Waals surface area contributed by atoms with E-state index in [9.17, 15) is 0 Å². The molecule has 204 valence electrons. The second-order valence-corrected chi connectivity index (χ2v) is 12.1. The first-order valence-electron chi connectivity index (χ1n) is 14.3. The molecule has 3 heteroatoms. The average molecular weight is 608 g/mol. The molecule has 6 aromatic rings. The van der Waals surface area contributed by atoms with Crippen LogP contribution in [0.2, 0.25) is 0 Å². The number of para-hydroxylation sites is 3. The summed E-state index contributed by atoms with van der Waals surface area (Å²) in [6, 6.07) is 54.1. The fraction of sp³-hybridized carbons (Fsp3) is 0.0769. The van der Waals surface area contributed by atoms with Crippen molar-refractivity contribution in [1.29, 1.82) is 0 Å². The summed E-state index contributed by atoms with van der Waals surface area (Å²) < 4.78 is 1.02. The first-order valence-corrected chi connectivity index (χ1v) is 15.1. The van der Waals surface area contributed by atoms with Gasteiger partial charge in [0.25, 0.3) is 0 Å². The smallest absolute Gasteiger partial charge is 0.0508 e. The molecule has 0 saturated heterocycles. The van der Waals surface area contributed by atoms with E-state index in [1.807, 2.05) is 0 Å². The average Bonchev–Trinajstić information content (AvgIpc) is 3.26. The van der Waals surface area contributed by atoms with Crippen LogP contribution in [0.1, 0.15) is 25.0 Å². The second-order valence-electron chi connectivity index (χ2n) is 11.2. The van der Waals surface area contributed by atoms with Gasteiger partial charge in [-0.2, -0.15) is 0 Å². The maximum absolute atomic E-state index is 3.89. The molecule has 0 heterocycles. The summed E-state index contributed by atoms with van der Waals surface area (Å²) in [5.41, 5.74) is 11.9. The summed E-state index contributed by atoms with van der Waals surface area (Å²) in [6.45, 7) is 4.70. The van der Waals surface area contributed by atoms with Crippen LogP contribution in [0.5, 0.6) is 0 Å². The molecule has 0 aromatic heterocycles. The molecule has 0 unspecified atom stereocenters. The number of benzene rings is 6. The molecule has 0 radical (unpaired) electrons. The number of anilines is 6. The Hall–Kier alpha value is -4.60. The Bertz CT molecular complexity index is 1820. The Kier molecular flexibility index (Phi) is 6.68. The molecular formula is C39H31BrN2. The molecule has 0 bridgehead atoms. The van der Waals surface area contributed by atoms with Crippen molar-refractivity contribution in [3.63, 3.8) is 0 Å². The minimum atomic E-state index is -0.148. The molecule has 0 N–H and O–H groups in total. The minimum absolute atomic E-state index is 0.148. The van der Waals surface area contributed by atoms with Crippen LogP contribution in [0.15, 0.2) is 156 Å². The lowest BCUT2D eigenvalue weighted by Gasteiger charge is -2.33. The monoisotopic (exact) mass is 606 g/mol. The van der Waals surface area contributed by atoms with Crippen LogP contribution in [0, 0.1) is 0 Å². The zero-order valence-electron chi connectivity index (χ0n) is 23.7. The number of fused-ring (bicyclic) bond motifs is 3. The van der Waals surface area contributed by atoms with E-state index in [2.05, 4.69) is 191 Å². The highest BCUT2D eigenvalue weighted by atomic mass is 79.9. The summed E-state index contributed by atoms with van der Waals surface area (Å²) in [6.07, 6.45) is 0. The quantitative estimate of drug-likeness (QED) is 0.186. The lowest BCUT2D eigenvalue weighted by molar-refractivity contribution is 0.661. The molecule has 42 heavy (non-hydrogen) atoms. The van der Waals surface area contributed by atoms with E-state index in [0.717, 1.165) is 32.9 Å². The van der Waals surface area contributed by atoms with E-state index in [-0.39, 0.29) is 5.41 Å². The van der Waals surface area contributed by atoms with Gasteiger partial charge in [0.05, 0.1) is 5.69 Å². The van der Waals surface area contributed by atoms with Crippen molar-refractivity contribution in [3.8, 4) is 11.1 Å². The zero-order chi connectivity index (χ0) is 28.7. The Balaban J connectivity index is 1.46. The van der Waals surface area contributed by atoms with E-state index >= 15 is 0 Å². The normalized spacial score (nSPS) is 12.8. The SMILES string of the molecule is CC1(C)c2ccccc2-c2cccc(N(c3ccccc3)c3cc(Br)cc(N(c4ccccc4)c4ccccc4)c3)c21. The second kappa shape index (κ2) is 10.7. The van der Waals surface area contributed by atoms with Crippen LogP contribution in [0.25, 0.3) is 11.1 Å². The molecule has 0 spiro atoms. The van der Waals surface area contributed by atoms with Crippen molar-refractivity contribution in [2.75, 3.05) is 9.80 Å². The van der Waals surface area contributed by atoms with Gasteiger partial charge >= 0.3 is 0 Å². The molecule has 6 aromatic carbocycles. The first-order chi connectivity index (χ1) is 20.5. The topological polar surface area (TPSA) is 6.48 Å². The Morgan fingerprint density at radius 2 is 0.929 bits per heavy atom. The van der Waals surface area contributed by atoms with Gasteiger partial charge in [0.2, 0.25) is 0 Å². The van der Waals surface area contributed by atoms with Gasteiger partial charge in [-0.3, -0.25) is 0 Å². The van der Waals surface area contributed by atoms with Crippen molar-refractivity contribution in [2.24, 2.45) is 0 Å². The number of hydrogen-bond donors (Lipinski definition) is 0. The van der Waals surface area contributed by atoms with Crippen LogP contribution in [-0.4, -0.2) is 0 Å². The van der Waals surface area contributed by atoms with Crippen molar-refractivity contribution in [3.05, 3.63) is 167 Å². The molecule has 0 amide bonds. The Morgan fingerprint density at radius 3 is 1.52 bits per heavy atom. The molecule has 1 aliphatic rings. The number of hydrogen-bond acceptors (Lipinski definition) is 2. The molecule has 0 fully saturated rings. The summed E-state index contributed by atoms with van der Waals surface area (Å²) in [7, 11) is 0. The Morgan fingerprint density at radius 1 is 0.452 bits per heavy atom. The van der Waals surface area contributed by atoms with Crippen LogP contribution >= 0.6 is 15.9 Å². The number of halogens is 1. The highest BCUT2D eigenvalue weighted by Crippen LogP contribution is 2.54. The largest absolute Gasteiger partial charge is 0.310 e. The molecule has 1 aliphatic carbocycles. The molecule has 7 rings (SSSR count). The van der Waals surface area contributed by atoms with Crippen LogP contribution in [0.3, 0.4) is 0 Å². The molecular weight excluding hydrogens is 576 g/mol. The first kappa shape index (κ1) is 26.3. The molecule has 0 atom stereocenters. The lowest BCUT2D eigenvalue weighted by atomic mass is 9.81. The molecule has 0 aliphatic heterocycles. The van der Waals surface area contributed by atoms with Crippen molar-refractivity contribution in [1.82, 2.24) is 0 Å². The molecule has 2 nitrogen and oxygen atoms in total. The third kappa shape index (κ3) is 4.51. The highest BCUT2D eigenvalue weighted by Gasteiger charge is 2.38. The van der Waals surface area contributed by atoms with E-state index in [1.165, 1.54) is 27.9 Å². The van der Waals surface area contributed by atoms with Crippen LogP contribution in [-0.2, 0) is 5.41 Å². The van der Waals surface area contributed by atoms with Gasteiger partial charge < -0.3 is 9.80 Å². The van der Waals surface area contributed by atoms with Gasteiger partial charge in [-0.15, -0.1) is 0 Å². The van der Waals surface area contributed by atoms with E-state index in [4.69, 9.17) is 0 Å². The summed E-state index contributed by atoms with van der Waals surface area (Å²) in [4.78, 5) is 4.72. The van der Waals surface area contributed by atoms with Gasteiger partial charge in [-0.1, -0.05) is 121 Å². The fourth-order valence-corrected chi connectivity index (χ4v) is 6.90. The van der Waals surface area contributed by atoms with Gasteiger partial charge in [0.1, 0.15) is 0 Å². The maximum Gasteiger partial charge on any atom is 0.0508 e. The van der Waals surface area contributed by atoms with E-state index < -0.39 is 0 Å². The summed E-state index contributed by atoms with van der Waals surface area (Å²) in [5, 5.41) is 0. The zero-order valence-corrected chi connectivity index (χ0v) is 25.3. The Labute approximate surface area is 256 Å². The standard InChI is InChI=1S/C39H31BrN2/c1-39(2)36-23-13-12-21-34(36)35-22-14-24-37(38(35)39)42(31-19-10-5-11-20-31)33-26-28(40)25-32(27-33)41(29-15-6-3-7-16-29)30-17-8-4-9-18-30/h3-27H,1-2H3. The highest BCUT2D eigenvalue weighted by molar-refractivity contribution is 9.10. The van der Waals surface area contributed by atoms with Crippen LogP contribution in [0.4, 0.5) is 34.1 Å². The predicted molar refractivity (Wildman–Crippen MR) is 181 cm³/mol. The van der Waals surface area contributed by atoms with Gasteiger partial charge in [0.15, 0.2) is 0 Å². The maximum atomic E-state index is 3.89. The van der Waals surface area contributed by atoms with Gasteiger partial charge in [-0.05, 0) is 82.9 Å². The van der Waals surface area contributed by atoms with Crippen LogP contribution < -0.4 is 9.80 Å². The summed E-state index contributed by atoms with van der Waals surface area (Å²) in [5.74, 6) is 0. The third-order valence-corrected chi connectivity index (χ3v) is 8.68. The van der Waals surface area contributed by atoms with Gasteiger partial charge in [0, 0.05) is 38.3 Å². The van der Waals surface area contributed by atoms with Crippen molar-refractivity contribution in [2.45, 2.75) is 19.3 Å². The summed E-state index contributed by atoms with van der Waals surface area (Å²) >= 11 is 3.89. The van der Waals surface area contributed by atoms with Crippen molar-refractivity contribution < 1.29 is 0 Å². The predicted octanol–water partition coefficient (Wildman–Crippen LogP) is 11.7. The minimum Gasteiger partial charge on any atom is -0.310 e. The van der Waals surface area contributed by atoms with Gasteiger partial charge in [-0.25, -0.2) is 0 Å². The van der Waals surface area contributed by atoms with Crippen molar-refractivity contribution >= 4 is 50.1 Å². The fourth-order valence-electron chi connectivity index (χ4n) is 6.43. The third-order valence-electron chi connectivity index (χ3n) is 8.23. The van der Waals surface area contributed by atoms with E-state index in [0.29, 0.717) is 0 Å². The lowest BCUT2D eigenvalue weighted by Crippen LogP contribution is -2.21. The number of rotatable bonds is 6. The van der Waals surface area contributed by atoms with E-state index in [1.54, 1.807) is 0 Å².